The standard InChI is InChI=1S/C20H34N6O5S2/c1-11(2)6-15(25-17(27)13(21)9-32)18(28)26-16(7-12-8-22-10-23-12)19(29)24-14(20(30)31)4-5-33-3/h8,10-11,13-16,32H,4-7,9,21H2,1-3H3,(H,22,23)(H,24,29)(H,25,27)(H,26,28)(H,30,31). The maximum absolute atomic E-state index is 13.0. The minimum Gasteiger partial charge on any atom is -0.480 e. The molecule has 0 radical (unpaired) electrons. The molecule has 1 aromatic heterocycles. The van der Waals surface area contributed by atoms with Gasteiger partial charge in [0.25, 0.3) is 0 Å². The lowest BCUT2D eigenvalue weighted by Crippen LogP contribution is -2.58. The maximum atomic E-state index is 13.0. The molecule has 0 saturated heterocycles. The number of nitrogens with two attached hydrogens (primary N) is 1. The van der Waals surface area contributed by atoms with Crippen molar-refractivity contribution in [2.24, 2.45) is 11.7 Å². The summed E-state index contributed by atoms with van der Waals surface area (Å²) in [6.07, 6.45) is 5.40. The lowest BCUT2D eigenvalue weighted by atomic mass is 10.0. The third-order valence-electron chi connectivity index (χ3n) is 4.71. The Bertz CT molecular complexity index is 777. The molecule has 4 atom stereocenters. The Labute approximate surface area is 203 Å². The van der Waals surface area contributed by atoms with Gasteiger partial charge in [0, 0.05) is 24.1 Å². The number of H-pyrrole nitrogens is 1. The highest BCUT2D eigenvalue weighted by atomic mass is 32.2. The van der Waals surface area contributed by atoms with Gasteiger partial charge >= 0.3 is 5.97 Å². The normalized spacial score (nSPS) is 14.7. The van der Waals surface area contributed by atoms with Crippen LogP contribution in [-0.4, -0.2) is 80.7 Å². The number of amides is 3. The Morgan fingerprint density at radius 3 is 2.24 bits per heavy atom. The van der Waals surface area contributed by atoms with Crippen molar-refractivity contribution in [3.63, 3.8) is 0 Å². The van der Waals surface area contributed by atoms with Gasteiger partial charge in [-0.2, -0.15) is 24.4 Å². The average Bonchev–Trinajstić information content (AvgIpc) is 3.27. The molecule has 1 rings (SSSR count). The van der Waals surface area contributed by atoms with Crippen molar-refractivity contribution in [3.8, 4) is 0 Å². The molecule has 0 fully saturated rings. The zero-order chi connectivity index (χ0) is 25.0. The van der Waals surface area contributed by atoms with Gasteiger partial charge < -0.3 is 31.8 Å². The second kappa shape index (κ2) is 14.8. The molecule has 0 bridgehead atoms. The topological polar surface area (TPSA) is 179 Å². The predicted octanol–water partition coefficient (Wildman–Crippen LogP) is -0.452. The van der Waals surface area contributed by atoms with E-state index in [1.807, 2.05) is 20.1 Å². The van der Waals surface area contributed by atoms with Crippen molar-refractivity contribution in [3.05, 3.63) is 18.2 Å². The van der Waals surface area contributed by atoms with E-state index >= 15 is 0 Å². The number of nitrogens with zero attached hydrogens (tertiary/aromatic N) is 1. The second-order valence-corrected chi connectivity index (χ2v) is 9.35. The number of thiol groups is 1. The molecule has 0 aliphatic carbocycles. The number of thioether (sulfide) groups is 1. The molecular formula is C20H34N6O5S2. The van der Waals surface area contributed by atoms with Gasteiger partial charge in [-0.25, -0.2) is 9.78 Å². The smallest absolute Gasteiger partial charge is 0.326 e. The molecule has 3 amide bonds. The fourth-order valence-electron chi connectivity index (χ4n) is 2.93. The summed E-state index contributed by atoms with van der Waals surface area (Å²) in [6, 6.07) is -3.98. The Morgan fingerprint density at radius 1 is 1.12 bits per heavy atom. The SMILES string of the molecule is CSCCC(NC(=O)C(Cc1cnc[nH]1)NC(=O)C(CC(C)C)NC(=O)C(N)CS)C(=O)O. The number of aromatic amines is 1. The Kier molecular flexibility index (Phi) is 12.9. The number of imidazole rings is 1. The number of carbonyl (C=O) groups is 4. The number of rotatable bonds is 15. The zero-order valence-corrected chi connectivity index (χ0v) is 20.7. The van der Waals surface area contributed by atoms with Gasteiger partial charge in [-0.05, 0) is 30.8 Å². The van der Waals surface area contributed by atoms with E-state index in [1.165, 1.54) is 24.3 Å². The van der Waals surface area contributed by atoms with Crippen molar-refractivity contribution < 1.29 is 24.3 Å². The summed E-state index contributed by atoms with van der Waals surface area (Å²) in [5, 5.41) is 17.2. The van der Waals surface area contributed by atoms with Crippen LogP contribution in [0.25, 0.3) is 0 Å². The molecule has 186 valence electrons. The van der Waals surface area contributed by atoms with Crippen molar-refractivity contribution in [1.82, 2.24) is 25.9 Å². The monoisotopic (exact) mass is 502 g/mol. The number of carbonyl (C=O) groups excluding carboxylic acids is 3. The number of carboxylic acid groups (broad SMARTS) is 1. The van der Waals surface area contributed by atoms with Gasteiger partial charge in [0.2, 0.25) is 17.7 Å². The van der Waals surface area contributed by atoms with Crippen LogP contribution in [0.2, 0.25) is 0 Å². The fraction of sp³-hybridized carbons (Fsp3) is 0.650. The molecule has 1 heterocycles. The van der Waals surface area contributed by atoms with Crippen LogP contribution in [-0.2, 0) is 25.6 Å². The number of hydrogen-bond acceptors (Lipinski definition) is 8. The minimum atomic E-state index is -1.16. The van der Waals surface area contributed by atoms with E-state index in [1.54, 1.807) is 0 Å². The van der Waals surface area contributed by atoms with Crippen LogP contribution >= 0.6 is 24.4 Å². The molecule has 0 aliphatic rings. The van der Waals surface area contributed by atoms with Gasteiger partial charge in [-0.1, -0.05) is 13.8 Å². The Balaban J connectivity index is 3.03. The summed E-state index contributed by atoms with van der Waals surface area (Å²) >= 11 is 5.47. The molecule has 0 spiro atoms. The molecule has 1 aromatic rings. The van der Waals surface area contributed by atoms with E-state index in [9.17, 15) is 24.3 Å². The summed E-state index contributed by atoms with van der Waals surface area (Å²) in [6.45, 7) is 3.78. The van der Waals surface area contributed by atoms with Crippen LogP contribution in [0.1, 0.15) is 32.4 Å². The van der Waals surface area contributed by atoms with Gasteiger partial charge in [0.15, 0.2) is 0 Å². The summed E-state index contributed by atoms with van der Waals surface area (Å²) in [5.74, 6) is -2.18. The third kappa shape index (κ3) is 10.5. The van der Waals surface area contributed by atoms with Crippen LogP contribution in [0.5, 0.6) is 0 Å². The van der Waals surface area contributed by atoms with E-state index in [0.29, 0.717) is 17.9 Å². The highest BCUT2D eigenvalue weighted by Crippen LogP contribution is 2.08. The van der Waals surface area contributed by atoms with E-state index in [-0.39, 0.29) is 24.5 Å². The van der Waals surface area contributed by atoms with Gasteiger partial charge in [0.05, 0.1) is 12.4 Å². The maximum Gasteiger partial charge on any atom is 0.326 e. The summed E-state index contributed by atoms with van der Waals surface area (Å²) in [4.78, 5) is 56.6. The highest BCUT2D eigenvalue weighted by molar-refractivity contribution is 7.98. The molecule has 0 aliphatic heterocycles. The van der Waals surface area contributed by atoms with Crippen molar-refractivity contribution in [2.45, 2.75) is 57.3 Å². The van der Waals surface area contributed by atoms with Crippen LogP contribution in [0.15, 0.2) is 12.5 Å². The minimum absolute atomic E-state index is 0.0605. The first-order valence-electron chi connectivity index (χ1n) is 10.6. The van der Waals surface area contributed by atoms with E-state index in [2.05, 4.69) is 38.5 Å². The molecule has 33 heavy (non-hydrogen) atoms. The first-order valence-corrected chi connectivity index (χ1v) is 12.6. The number of aliphatic carboxylic acids is 1. The number of aromatic nitrogens is 2. The summed E-state index contributed by atoms with van der Waals surface area (Å²) < 4.78 is 0. The van der Waals surface area contributed by atoms with Crippen molar-refractivity contribution >= 4 is 48.1 Å². The largest absolute Gasteiger partial charge is 0.480 e. The highest BCUT2D eigenvalue weighted by Gasteiger charge is 2.30. The molecule has 4 unspecified atom stereocenters. The molecule has 7 N–H and O–H groups in total. The third-order valence-corrected chi connectivity index (χ3v) is 5.75. The van der Waals surface area contributed by atoms with E-state index < -0.39 is 47.9 Å². The van der Waals surface area contributed by atoms with E-state index in [4.69, 9.17) is 5.73 Å². The Morgan fingerprint density at radius 2 is 1.73 bits per heavy atom. The zero-order valence-electron chi connectivity index (χ0n) is 19.0. The number of carboxylic acids is 1. The lowest BCUT2D eigenvalue weighted by Gasteiger charge is -2.25. The quantitative estimate of drug-likeness (QED) is 0.158. The van der Waals surface area contributed by atoms with Gasteiger partial charge in [-0.3, -0.25) is 14.4 Å². The fourth-order valence-corrected chi connectivity index (χ4v) is 3.57. The molecule has 11 nitrogen and oxygen atoms in total. The van der Waals surface area contributed by atoms with E-state index in [0.717, 1.165) is 0 Å². The van der Waals surface area contributed by atoms with Crippen LogP contribution < -0.4 is 21.7 Å². The Hall–Kier alpha value is -2.25. The number of nitrogens with one attached hydrogen (secondary N) is 4. The molecule has 0 saturated carbocycles. The molecular weight excluding hydrogens is 468 g/mol. The van der Waals surface area contributed by atoms with Gasteiger partial charge in [-0.15, -0.1) is 0 Å². The van der Waals surface area contributed by atoms with Crippen molar-refractivity contribution in [2.75, 3.05) is 17.8 Å². The van der Waals surface area contributed by atoms with Crippen LogP contribution in [0, 0.1) is 5.92 Å². The van der Waals surface area contributed by atoms with Gasteiger partial charge in [0.1, 0.15) is 18.1 Å². The van der Waals surface area contributed by atoms with Crippen molar-refractivity contribution in [1.29, 1.82) is 0 Å². The second-order valence-electron chi connectivity index (χ2n) is 8.00. The molecule has 0 aromatic carbocycles. The lowest BCUT2D eigenvalue weighted by molar-refractivity contribution is -0.142. The average molecular weight is 503 g/mol. The first kappa shape index (κ1) is 28.8. The first-order chi connectivity index (χ1) is 15.6. The summed E-state index contributed by atoms with van der Waals surface area (Å²) in [7, 11) is 0. The van der Waals surface area contributed by atoms with Crippen LogP contribution in [0.3, 0.4) is 0 Å². The summed E-state index contributed by atoms with van der Waals surface area (Å²) in [5.41, 5.74) is 6.28. The number of hydrogen-bond donors (Lipinski definition) is 7. The predicted molar refractivity (Wildman–Crippen MR) is 130 cm³/mol. The molecule has 13 heteroatoms. The van der Waals surface area contributed by atoms with Crippen LogP contribution in [0.4, 0.5) is 0 Å².